The Labute approximate surface area is 201 Å². The molecule has 0 radical (unpaired) electrons. The van der Waals surface area contributed by atoms with E-state index in [9.17, 15) is 4.21 Å². The molecule has 170 valence electrons. The Morgan fingerprint density at radius 2 is 1.97 bits per heavy atom. The second-order valence-corrected chi connectivity index (χ2v) is 10.4. The van der Waals surface area contributed by atoms with Crippen molar-refractivity contribution in [2.24, 2.45) is 10.9 Å². The molecule has 1 aliphatic carbocycles. The predicted octanol–water partition coefficient (Wildman–Crippen LogP) is 4.33. The average Bonchev–Trinajstić information content (AvgIpc) is 2.77. The van der Waals surface area contributed by atoms with Crippen molar-refractivity contribution >= 4 is 40.7 Å². The average molecular weight is 548 g/mol. The molecule has 5 nitrogen and oxygen atoms in total. The molecule has 1 aromatic carbocycles. The smallest absolute Gasteiger partial charge is 0.191 e. The van der Waals surface area contributed by atoms with Gasteiger partial charge in [0.05, 0.1) is 6.10 Å². The molecule has 0 aromatic heterocycles. The number of nitrogens with one attached hydrogen (secondary N) is 2. The SMILES string of the molecule is CCS(=O)C1CCCC(NC(=NC)NCC2CCCOC2c2ccc(C)cc2)C1.I. The molecule has 5 unspecified atom stereocenters. The lowest BCUT2D eigenvalue weighted by Gasteiger charge is -2.34. The highest BCUT2D eigenvalue weighted by atomic mass is 127. The van der Waals surface area contributed by atoms with Crippen molar-refractivity contribution in [2.45, 2.75) is 69.8 Å². The van der Waals surface area contributed by atoms with Crippen LogP contribution in [0.2, 0.25) is 0 Å². The van der Waals surface area contributed by atoms with E-state index in [4.69, 9.17) is 4.74 Å². The standard InChI is InChI=1S/C23H37N3O2S.HI/c1-4-29(27)21-9-5-8-20(15-21)26-23(24-3)25-16-19-7-6-14-28-22(19)18-12-10-17(2)11-13-18;/h10-13,19-22H,4-9,14-16H2,1-3H3,(H2,24,25,26);1H. The molecule has 1 heterocycles. The Hall–Kier alpha value is -0.670. The Morgan fingerprint density at radius 1 is 1.20 bits per heavy atom. The fourth-order valence-corrected chi connectivity index (χ4v) is 5.89. The van der Waals surface area contributed by atoms with Gasteiger partial charge < -0.3 is 15.4 Å². The Balaban J connectivity index is 0.00000320. The fourth-order valence-electron chi connectivity index (χ4n) is 4.54. The first-order chi connectivity index (χ1) is 14.1. The number of aliphatic imine (C=N–C) groups is 1. The summed E-state index contributed by atoms with van der Waals surface area (Å²) in [7, 11) is 1.13. The summed E-state index contributed by atoms with van der Waals surface area (Å²) >= 11 is 0. The second kappa shape index (κ2) is 13.0. The number of nitrogens with zero attached hydrogens (tertiary/aromatic N) is 1. The number of benzene rings is 1. The minimum atomic E-state index is -0.703. The predicted molar refractivity (Wildman–Crippen MR) is 137 cm³/mol. The highest BCUT2D eigenvalue weighted by Gasteiger charge is 2.29. The summed E-state index contributed by atoms with van der Waals surface area (Å²) in [6, 6.07) is 9.07. The second-order valence-electron chi connectivity index (χ2n) is 8.36. The van der Waals surface area contributed by atoms with Crippen molar-refractivity contribution in [3.63, 3.8) is 0 Å². The number of halogens is 1. The zero-order chi connectivity index (χ0) is 20.6. The van der Waals surface area contributed by atoms with Crippen LogP contribution in [0.3, 0.4) is 0 Å². The van der Waals surface area contributed by atoms with Crippen LogP contribution in [-0.4, -0.2) is 47.4 Å². The molecule has 2 N–H and O–H groups in total. The summed E-state index contributed by atoms with van der Waals surface area (Å²) in [6.45, 7) is 5.81. The number of hydrogen-bond donors (Lipinski definition) is 2. The summed E-state index contributed by atoms with van der Waals surface area (Å²) < 4.78 is 18.4. The van der Waals surface area contributed by atoms with Crippen LogP contribution in [-0.2, 0) is 15.5 Å². The van der Waals surface area contributed by atoms with Crippen molar-refractivity contribution in [1.29, 1.82) is 0 Å². The molecule has 1 aliphatic heterocycles. The zero-order valence-corrected chi connectivity index (χ0v) is 21.7. The van der Waals surface area contributed by atoms with Gasteiger partial charge in [0.2, 0.25) is 0 Å². The number of aryl methyl sites for hydroxylation is 1. The number of ether oxygens (including phenoxy) is 1. The van der Waals surface area contributed by atoms with Crippen LogP contribution >= 0.6 is 24.0 Å². The van der Waals surface area contributed by atoms with E-state index >= 15 is 0 Å². The molecule has 5 atom stereocenters. The number of hydrogen-bond acceptors (Lipinski definition) is 3. The third kappa shape index (κ3) is 7.19. The molecule has 1 saturated carbocycles. The van der Waals surface area contributed by atoms with Crippen molar-refractivity contribution in [2.75, 3.05) is 26.0 Å². The van der Waals surface area contributed by atoms with Crippen molar-refractivity contribution < 1.29 is 8.95 Å². The van der Waals surface area contributed by atoms with Crippen LogP contribution < -0.4 is 10.6 Å². The molecular formula is C23H38IN3O2S. The first-order valence-electron chi connectivity index (χ1n) is 11.1. The molecule has 3 rings (SSSR count). The summed E-state index contributed by atoms with van der Waals surface area (Å²) in [5.41, 5.74) is 2.54. The van der Waals surface area contributed by atoms with E-state index in [2.05, 4.69) is 46.8 Å². The first kappa shape index (κ1) is 25.6. The number of guanidine groups is 1. The minimum Gasteiger partial charge on any atom is -0.373 e. The van der Waals surface area contributed by atoms with Crippen LogP contribution in [0.4, 0.5) is 0 Å². The molecule has 1 aromatic rings. The van der Waals surface area contributed by atoms with Crippen LogP contribution in [0.15, 0.2) is 29.3 Å². The normalized spacial score (nSPS) is 28.3. The monoisotopic (exact) mass is 547 g/mol. The van der Waals surface area contributed by atoms with Crippen LogP contribution in [0.1, 0.15) is 62.7 Å². The van der Waals surface area contributed by atoms with Crippen LogP contribution in [0.5, 0.6) is 0 Å². The first-order valence-corrected chi connectivity index (χ1v) is 12.5. The van der Waals surface area contributed by atoms with E-state index in [0.717, 1.165) is 63.4 Å². The van der Waals surface area contributed by atoms with E-state index in [1.165, 1.54) is 11.1 Å². The van der Waals surface area contributed by atoms with Crippen LogP contribution in [0, 0.1) is 12.8 Å². The van der Waals surface area contributed by atoms with Gasteiger partial charge in [-0.2, -0.15) is 0 Å². The minimum absolute atomic E-state index is 0. The summed E-state index contributed by atoms with van der Waals surface area (Å²) in [5.74, 6) is 2.04. The molecule has 2 aliphatic rings. The van der Waals surface area contributed by atoms with Gasteiger partial charge in [-0.15, -0.1) is 24.0 Å². The number of rotatable bonds is 6. The molecule has 0 spiro atoms. The molecule has 0 amide bonds. The molecule has 7 heteroatoms. The van der Waals surface area contributed by atoms with Crippen molar-refractivity contribution in [3.05, 3.63) is 35.4 Å². The lowest BCUT2D eigenvalue weighted by Crippen LogP contribution is -2.48. The zero-order valence-electron chi connectivity index (χ0n) is 18.6. The Kier molecular flexibility index (Phi) is 11.1. The van der Waals surface area contributed by atoms with Gasteiger partial charge in [0.1, 0.15) is 0 Å². The lowest BCUT2D eigenvalue weighted by molar-refractivity contribution is -0.0265. The molecule has 1 saturated heterocycles. The quantitative estimate of drug-likeness (QED) is 0.316. The third-order valence-corrected chi connectivity index (χ3v) is 7.97. The Bertz CT molecular complexity index is 698. The van der Waals surface area contributed by atoms with Gasteiger partial charge in [-0.25, -0.2) is 0 Å². The van der Waals surface area contributed by atoms with E-state index in [0.29, 0.717) is 17.2 Å². The maximum Gasteiger partial charge on any atom is 0.191 e. The van der Waals surface area contributed by atoms with Crippen LogP contribution in [0.25, 0.3) is 0 Å². The highest BCUT2D eigenvalue weighted by molar-refractivity contribution is 14.0. The maximum atomic E-state index is 12.2. The van der Waals surface area contributed by atoms with E-state index in [1.807, 2.05) is 14.0 Å². The van der Waals surface area contributed by atoms with Gasteiger partial charge in [0, 0.05) is 54.0 Å². The fraction of sp³-hybridized carbons (Fsp3) is 0.696. The van der Waals surface area contributed by atoms with Gasteiger partial charge in [-0.05, 0) is 44.6 Å². The summed E-state index contributed by atoms with van der Waals surface area (Å²) in [6.07, 6.45) is 6.72. The summed E-state index contributed by atoms with van der Waals surface area (Å²) in [5, 5.41) is 7.44. The van der Waals surface area contributed by atoms with Crippen molar-refractivity contribution in [3.8, 4) is 0 Å². The molecule has 2 fully saturated rings. The highest BCUT2D eigenvalue weighted by Crippen LogP contribution is 2.33. The maximum absolute atomic E-state index is 12.2. The summed E-state index contributed by atoms with van der Waals surface area (Å²) in [4.78, 5) is 4.44. The van der Waals surface area contributed by atoms with Gasteiger partial charge in [0.15, 0.2) is 5.96 Å². The van der Waals surface area contributed by atoms with Gasteiger partial charge >= 0.3 is 0 Å². The molecule has 0 bridgehead atoms. The van der Waals surface area contributed by atoms with Gasteiger partial charge in [-0.1, -0.05) is 43.2 Å². The van der Waals surface area contributed by atoms with Gasteiger partial charge in [0.25, 0.3) is 0 Å². The largest absolute Gasteiger partial charge is 0.373 e. The molecule has 30 heavy (non-hydrogen) atoms. The molecular weight excluding hydrogens is 509 g/mol. The van der Waals surface area contributed by atoms with Gasteiger partial charge in [-0.3, -0.25) is 9.20 Å². The van der Waals surface area contributed by atoms with E-state index in [1.54, 1.807) is 0 Å². The van der Waals surface area contributed by atoms with Crippen molar-refractivity contribution in [1.82, 2.24) is 10.6 Å². The Morgan fingerprint density at radius 3 is 2.67 bits per heavy atom. The van der Waals surface area contributed by atoms with E-state index in [-0.39, 0.29) is 30.1 Å². The van der Waals surface area contributed by atoms with E-state index < -0.39 is 10.8 Å². The topological polar surface area (TPSA) is 62.7 Å². The lowest BCUT2D eigenvalue weighted by atomic mass is 9.89. The third-order valence-electron chi connectivity index (χ3n) is 6.23.